The van der Waals surface area contributed by atoms with Gasteiger partial charge in [-0.05, 0) is 12.3 Å². The van der Waals surface area contributed by atoms with Gasteiger partial charge in [-0.2, -0.15) is 0 Å². The van der Waals surface area contributed by atoms with Gasteiger partial charge in [-0.3, -0.25) is 4.90 Å². The van der Waals surface area contributed by atoms with Crippen molar-refractivity contribution in [3.63, 3.8) is 0 Å². The van der Waals surface area contributed by atoms with E-state index in [2.05, 4.69) is 12.2 Å². The number of nitrogens with zero attached hydrogens (tertiary/aromatic N) is 1. The Labute approximate surface area is 71.0 Å². The second-order valence-corrected chi connectivity index (χ2v) is 3.80. The lowest BCUT2D eigenvalue weighted by Gasteiger charge is -2.32. The Balaban J connectivity index is 1.87. The van der Waals surface area contributed by atoms with Crippen molar-refractivity contribution in [1.29, 1.82) is 0 Å². The lowest BCUT2D eigenvalue weighted by atomic mass is 9.87. The molecule has 2 fully saturated rings. The number of likely N-dealkylation sites (tertiary alicyclic amines) is 1. The molecule has 1 aliphatic heterocycles. The number of piperidine rings is 1. The predicted molar refractivity (Wildman–Crippen MR) is 42.6 cm³/mol. The van der Waals surface area contributed by atoms with Gasteiger partial charge in [0.15, 0.2) is 0 Å². The van der Waals surface area contributed by atoms with E-state index in [0.717, 1.165) is 5.92 Å². The van der Waals surface area contributed by atoms with Crippen LogP contribution >= 0.6 is 0 Å². The zero-order valence-corrected chi connectivity index (χ0v) is 6.93. The number of rotatable bonds is 0. The van der Waals surface area contributed by atoms with E-state index in [1.807, 2.05) is 4.90 Å². The van der Waals surface area contributed by atoms with Crippen molar-refractivity contribution in [3.05, 3.63) is 12.2 Å². The Bertz CT molecular complexity index is 274. The zero-order chi connectivity index (χ0) is 8.29. The fourth-order valence-corrected chi connectivity index (χ4v) is 2.53. The van der Waals surface area contributed by atoms with Crippen LogP contribution in [0.2, 0.25) is 0 Å². The molecule has 0 spiro atoms. The average molecular weight is 165 g/mol. The molecule has 1 heterocycles. The number of methoxy groups -OCH3 is 1. The third-order valence-corrected chi connectivity index (χ3v) is 3.29. The van der Waals surface area contributed by atoms with Crippen LogP contribution in [0.4, 0.5) is 4.79 Å². The maximum Gasteiger partial charge on any atom is 0.410 e. The van der Waals surface area contributed by atoms with Crippen molar-refractivity contribution >= 4 is 6.09 Å². The summed E-state index contributed by atoms with van der Waals surface area (Å²) in [5.41, 5.74) is 0. The number of hydrogen-bond acceptors (Lipinski definition) is 2. The largest absolute Gasteiger partial charge is 0.453 e. The number of ether oxygens (including phenoxy) is 1. The van der Waals surface area contributed by atoms with Gasteiger partial charge in [0.25, 0.3) is 0 Å². The highest BCUT2D eigenvalue weighted by Crippen LogP contribution is 2.56. The van der Waals surface area contributed by atoms with Gasteiger partial charge in [-0.15, -0.1) is 0 Å². The van der Waals surface area contributed by atoms with E-state index in [1.165, 1.54) is 13.5 Å². The lowest BCUT2D eigenvalue weighted by molar-refractivity contribution is 0.112. The Morgan fingerprint density at radius 1 is 1.58 bits per heavy atom. The van der Waals surface area contributed by atoms with Crippen LogP contribution < -0.4 is 0 Å². The number of fused-ring (bicyclic) bond motifs is 3. The molecule has 1 saturated carbocycles. The summed E-state index contributed by atoms with van der Waals surface area (Å²) >= 11 is 0. The molecule has 0 aromatic carbocycles. The molecule has 1 saturated heterocycles. The number of carbonyl (C=O) groups excluding carboxylic acids is 1. The Morgan fingerprint density at radius 3 is 2.92 bits per heavy atom. The van der Waals surface area contributed by atoms with Gasteiger partial charge < -0.3 is 4.74 Å². The summed E-state index contributed by atoms with van der Waals surface area (Å²) < 4.78 is 4.74. The van der Waals surface area contributed by atoms with Gasteiger partial charge in [0.2, 0.25) is 0 Å². The first kappa shape index (κ1) is 6.52. The molecular formula is C9H11NO2. The molecule has 0 unspecified atom stereocenters. The SMILES string of the molecule is COC(=O)N1[C@@H]2C[C@@H]2[C@H]2C=C[C@@H]21. The smallest absolute Gasteiger partial charge is 0.410 e. The highest BCUT2D eigenvalue weighted by atomic mass is 16.5. The molecule has 0 bridgehead atoms. The van der Waals surface area contributed by atoms with Crippen LogP contribution in [-0.2, 0) is 4.74 Å². The Morgan fingerprint density at radius 2 is 2.42 bits per heavy atom. The topological polar surface area (TPSA) is 29.5 Å². The number of amides is 1. The average Bonchev–Trinajstić information content (AvgIpc) is 2.72. The second kappa shape index (κ2) is 1.84. The van der Waals surface area contributed by atoms with E-state index in [9.17, 15) is 4.79 Å². The highest BCUT2D eigenvalue weighted by Gasteiger charge is 2.61. The summed E-state index contributed by atoms with van der Waals surface area (Å²) in [6.45, 7) is 0. The maximum absolute atomic E-state index is 11.3. The van der Waals surface area contributed by atoms with E-state index in [-0.39, 0.29) is 6.09 Å². The fourth-order valence-electron chi connectivity index (χ4n) is 2.53. The van der Waals surface area contributed by atoms with E-state index >= 15 is 0 Å². The van der Waals surface area contributed by atoms with Gasteiger partial charge >= 0.3 is 6.09 Å². The van der Waals surface area contributed by atoms with Gasteiger partial charge in [0.05, 0.1) is 13.2 Å². The van der Waals surface area contributed by atoms with Crippen LogP contribution in [0, 0.1) is 11.8 Å². The Hall–Kier alpha value is -0.990. The zero-order valence-electron chi connectivity index (χ0n) is 6.93. The van der Waals surface area contributed by atoms with Crippen molar-refractivity contribution in [2.45, 2.75) is 18.5 Å². The maximum atomic E-state index is 11.3. The standard InChI is InChI=1S/C9H11NO2/c1-12-9(11)10-7-3-2-5(7)6-4-8(6)10/h2-3,5-8H,4H2,1H3/t5-,6-,7+,8-/m1/s1. The van der Waals surface area contributed by atoms with Gasteiger partial charge in [0, 0.05) is 12.0 Å². The van der Waals surface area contributed by atoms with E-state index in [4.69, 9.17) is 4.74 Å². The minimum atomic E-state index is -0.153. The van der Waals surface area contributed by atoms with Crippen LogP contribution in [0.3, 0.4) is 0 Å². The first-order chi connectivity index (χ1) is 5.83. The van der Waals surface area contributed by atoms with E-state index in [0.29, 0.717) is 18.0 Å². The third kappa shape index (κ3) is 0.564. The molecule has 64 valence electrons. The molecule has 12 heavy (non-hydrogen) atoms. The molecule has 1 amide bonds. The summed E-state index contributed by atoms with van der Waals surface area (Å²) in [7, 11) is 1.45. The minimum absolute atomic E-state index is 0.153. The quantitative estimate of drug-likeness (QED) is 0.501. The first-order valence-corrected chi connectivity index (χ1v) is 4.37. The summed E-state index contributed by atoms with van der Waals surface area (Å²) in [6, 6.07) is 0.851. The van der Waals surface area contributed by atoms with Gasteiger partial charge in [0.1, 0.15) is 0 Å². The summed E-state index contributed by atoms with van der Waals surface area (Å²) in [5, 5.41) is 0. The molecule has 0 aromatic rings. The molecule has 0 radical (unpaired) electrons. The van der Waals surface area contributed by atoms with Crippen molar-refractivity contribution in [2.75, 3.05) is 7.11 Å². The van der Waals surface area contributed by atoms with Crippen LogP contribution in [-0.4, -0.2) is 30.2 Å². The lowest BCUT2D eigenvalue weighted by Crippen LogP contribution is -2.42. The van der Waals surface area contributed by atoms with Crippen LogP contribution in [0.5, 0.6) is 0 Å². The molecule has 0 N–H and O–H groups in total. The molecule has 2 aliphatic carbocycles. The monoisotopic (exact) mass is 165 g/mol. The molecule has 4 atom stereocenters. The fraction of sp³-hybridized carbons (Fsp3) is 0.667. The summed E-state index contributed by atoms with van der Waals surface area (Å²) in [6.07, 6.45) is 5.35. The first-order valence-electron chi connectivity index (χ1n) is 4.37. The Kier molecular flexibility index (Phi) is 1.000. The molecule has 3 nitrogen and oxygen atoms in total. The van der Waals surface area contributed by atoms with Crippen molar-refractivity contribution in [3.8, 4) is 0 Å². The summed E-state index contributed by atoms with van der Waals surface area (Å²) in [5.74, 6) is 1.40. The van der Waals surface area contributed by atoms with Crippen molar-refractivity contribution in [1.82, 2.24) is 4.90 Å². The van der Waals surface area contributed by atoms with Gasteiger partial charge in [-0.25, -0.2) is 4.79 Å². The predicted octanol–water partition coefficient (Wildman–Crippen LogP) is 1.01. The van der Waals surface area contributed by atoms with Gasteiger partial charge in [-0.1, -0.05) is 12.2 Å². The summed E-state index contributed by atoms with van der Waals surface area (Å²) in [4.78, 5) is 13.2. The van der Waals surface area contributed by atoms with Crippen LogP contribution in [0.25, 0.3) is 0 Å². The third-order valence-electron chi connectivity index (χ3n) is 3.29. The van der Waals surface area contributed by atoms with E-state index in [1.54, 1.807) is 0 Å². The minimum Gasteiger partial charge on any atom is -0.453 e. The van der Waals surface area contributed by atoms with E-state index < -0.39 is 0 Å². The molecular weight excluding hydrogens is 154 g/mol. The normalized spacial score (nSPS) is 46.2. The number of carbonyl (C=O) groups is 1. The van der Waals surface area contributed by atoms with Crippen LogP contribution in [0.1, 0.15) is 6.42 Å². The molecule has 3 heteroatoms. The van der Waals surface area contributed by atoms with Crippen molar-refractivity contribution in [2.24, 2.45) is 11.8 Å². The second-order valence-electron chi connectivity index (χ2n) is 3.80. The highest BCUT2D eigenvalue weighted by molar-refractivity contribution is 5.71. The van der Waals surface area contributed by atoms with Crippen molar-refractivity contribution < 1.29 is 9.53 Å². The molecule has 3 aliphatic rings. The number of hydrogen-bond donors (Lipinski definition) is 0. The van der Waals surface area contributed by atoms with Crippen LogP contribution in [0.15, 0.2) is 12.2 Å². The molecule has 3 rings (SSSR count). The molecule has 0 aromatic heterocycles.